The SMILES string of the molecule is COc1cc(C=C2SC(=O)N(Cc3ccc4ccccc4c3)C2=O)ccc1OCc1ccccc1. The minimum Gasteiger partial charge on any atom is -0.493 e. The van der Waals surface area contributed by atoms with Gasteiger partial charge in [-0.2, -0.15) is 0 Å². The number of carbonyl (C=O) groups excluding carboxylic acids is 2. The van der Waals surface area contributed by atoms with Gasteiger partial charge in [0.1, 0.15) is 6.61 Å². The number of benzene rings is 4. The van der Waals surface area contributed by atoms with E-state index in [1.807, 2.05) is 84.9 Å². The van der Waals surface area contributed by atoms with Crippen molar-refractivity contribution >= 4 is 39.8 Å². The Hall–Kier alpha value is -4.03. The molecule has 35 heavy (non-hydrogen) atoms. The maximum absolute atomic E-state index is 13.0. The third-order valence-corrected chi connectivity index (χ3v) is 6.66. The van der Waals surface area contributed by atoms with Crippen LogP contribution in [0.3, 0.4) is 0 Å². The molecule has 1 saturated heterocycles. The van der Waals surface area contributed by atoms with E-state index in [4.69, 9.17) is 9.47 Å². The Morgan fingerprint density at radius 1 is 0.800 bits per heavy atom. The highest BCUT2D eigenvalue weighted by molar-refractivity contribution is 8.18. The van der Waals surface area contributed by atoms with E-state index in [9.17, 15) is 9.59 Å². The van der Waals surface area contributed by atoms with E-state index in [0.29, 0.717) is 23.0 Å². The lowest BCUT2D eigenvalue weighted by molar-refractivity contribution is -0.123. The number of ether oxygens (including phenoxy) is 2. The molecule has 1 aliphatic rings. The number of rotatable bonds is 7. The van der Waals surface area contributed by atoms with Crippen molar-refractivity contribution in [3.05, 3.63) is 113 Å². The lowest BCUT2D eigenvalue weighted by Gasteiger charge is -2.13. The zero-order valence-corrected chi connectivity index (χ0v) is 20.0. The van der Waals surface area contributed by atoms with Crippen LogP contribution in [-0.4, -0.2) is 23.2 Å². The molecule has 5 nitrogen and oxygen atoms in total. The third-order valence-electron chi connectivity index (χ3n) is 5.75. The number of carbonyl (C=O) groups is 2. The highest BCUT2D eigenvalue weighted by Gasteiger charge is 2.35. The second-order valence-corrected chi connectivity index (χ2v) is 9.13. The van der Waals surface area contributed by atoms with Gasteiger partial charge in [0.15, 0.2) is 11.5 Å². The Bertz CT molecular complexity index is 1430. The number of amides is 2. The van der Waals surface area contributed by atoms with E-state index < -0.39 is 0 Å². The van der Waals surface area contributed by atoms with Crippen LogP contribution in [-0.2, 0) is 17.9 Å². The Kier molecular flexibility index (Phi) is 6.55. The Labute approximate surface area is 208 Å². The maximum Gasteiger partial charge on any atom is 0.293 e. The summed E-state index contributed by atoms with van der Waals surface area (Å²) in [4.78, 5) is 27.3. The summed E-state index contributed by atoms with van der Waals surface area (Å²) in [5, 5.41) is 1.92. The number of thioether (sulfide) groups is 1. The first-order valence-corrected chi connectivity index (χ1v) is 12.0. The largest absolute Gasteiger partial charge is 0.493 e. The number of methoxy groups -OCH3 is 1. The number of nitrogens with zero attached hydrogens (tertiary/aromatic N) is 1. The molecule has 0 unspecified atom stereocenters. The van der Waals surface area contributed by atoms with Gasteiger partial charge >= 0.3 is 0 Å². The first kappa shape index (κ1) is 22.7. The molecule has 0 atom stereocenters. The normalized spacial score (nSPS) is 14.7. The lowest BCUT2D eigenvalue weighted by atomic mass is 10.1. The lowest BCUT2D eigenvalue weighted by Crippen LogP contribution is -2.27. The average molecular weight is 482 g/mol. The number of fused-ring (bicyclic) bond motifs is 1. The van der Waals surface area contributed by atoms with Gasteiger partial charge in [0, 0.05) is 0 Å². The van der Waals surface area contributed by atoms with Crippen LogP contribution >= 0.6 is 11.8 Å². The smallest absolute Gasteiger partial charge is 0.293 e. The molecule has 1 fully saturated rings. The van der Waals surface area contributed by atoms with Gasteiger partial charge in [0.25, 0.3) is 11.1 Å². The molecule has 0 radical (unpaired) electrons. The number of hydrogen-bond acceptors (Lipinski definition) is 5. The molecule has 1 aliphatic heterocycles. The van der Waals surface area contributed by atoms with Gasteiger partial charge in [0.05, 0.1) is 18.6 Å². The number of hydrogen-bond donors (Lipinski definition) is 0. The second-order valence-electron chi connectivity index (χ2n) is 8.13. The Balaban J connectivity index is 1.31. The second kappa shape index (κ2) is 10.1. The third kappa shape index (κ3) is 5.08. The van der Waals surface area contributed by atoms with Crippen molar-refractivity contribution in [1.82, 2.24) is 4.90 Å². The van der Waals surface area contributed by atoms with E-state index in [1.165, 1.54) is 4.90 Å². The van der Waals surface area contributed by atoms with Crippen molar-refractivity contribution in [2.75, 3.05) is 7.11 Å². The molecule has 4 aromatic rings. The summed E-state index contributed by atoms with van der Waals surface area (Å²) in [7, 11) is 1.58. The van der Waals surface area contributed by atoms with Crippen molar-refractivity contribution < 1.29 is 19.1 Å². The van der Waals surface area contributed by atoms with Crippen molar-refractivity contribution in [3.8, 4) is 11.5 Å². The Morgan fingerprint density at radius 3 is 2.37 bits per heavy atom. The summed E-state index contributed by atoms with van der Waals surface area (Å²) in [6, 6.07) is 29.3. The standard InChI is InChI=1S/C29H23NO4S/c1-33-26-16-21(12-14-25(26)34-19-20-7-3-2-4-8-20)17-27-28(31)30(29(32)35-27)18-22-11-13-23-9-5-6-10-24(23)15-22/h2-17H,18-19H2,1H3. The molecule has 1 heterocycles. The quantitative estimate of drug-likeness (QED) is 0.276. The van der Waals surface area contributed by atoms with Crippen molar-refractivity contribution in [2.45, 2.75) is 13.2 Å². The van der Waals surface area contributed by atoms with E-state index in [-0.39, 0.29) is 17.7 Å². The van der Waals surface area contributed by atoms with Gasteiger partial charge in [0.2, 0.25) is 0 Å². The van der Waals surface area contributed by atoms with E-state index in [0.717, 1.165) is 39.2 Å². The monoisotopic (exact) mass is 481 g/mol. The molecule has 0 aromatic heterocycles. The van der Waals surface area contributed by atoms with Crippen molar-refractivity contribution in [2.24, 2.45) is 0 Å². The molecular formula is C29H23NO4S. The molecule has 0 aliphatic carbocycles. The average Bonchev–Trinajstić information content (AvgIpc) is 3.15. The van der Waals surface area contributed by atoms with E-state index >= 15 is 0 Å². The predicted molar refractivity (Wildman–Crippen MR) is 139 cm³/mol. The molecule has 6 heteroatoms. The van der Waals surface area contributed by atoms with Crippen LogP contribution in [0.2, 0.25) is 0 Å². The van der Waals surface area contributed by atoms with Gasteiger partial charge in [-0.1, -0.05) is 72.8 Å². The van der Waals surface area contributed by atoms with Gasteiger partial charge in [-0.3, -0.25) is 14.5 Å². The van der Waals surface area contributed by atoms with Crippen LogP contribution < -0.4 is 9.47 Å². The van der Waals surface area contributed by atoms with Gasteiger partial charge in [-0.15, -0.1) is 0 Å². The van der Waals surface area contributed by atoms with Crippen LogP contribution in [0.5, 0.6) is 11.5 Å². The van der Waals surface area contributed by atoms with Crippen LogP contribution in [0, 0.1) is 0 Å². The Morgan fingerprint density at radius 2 is 1.57 bits per heavy atom. The summed E-state index contributed by atoms with van der Waals surface area (Å²) in [5.41, 5.74) is 2.72. The zero-order valence-electron chi connectivity index (χ0n) is 19.1. The molecule has 0 N–H and O–H groups in total. The molecule has 174 valence electrons. The molecule has 4 aromatic carbocycles. The summed E-state index contributed by atoms with van der Waals surface area (Å²) >= 11 is 0.951. The fourth-order valence-corrected chi connectivity index (χ4v) is 4.77. The molecule has 2 amide bonds. The molecule has 5 rings (SSSR count). The fraction of sp³-hybridized carbons (Fsp3) is 0.103. The highest BCUT2D eigenvalue weighted by atomic mass is 32.2. The summed E-state index contributed by atoms with van der Waals surface area (Å²) in [6.07, 6.45) is 1.72. The molecule has 0 saturated carbocycles. The van der Waals surface area contributed by atoms with Crippen molar-refractivity contribution in [1.29, 1.82) is 0 Å². The molecule has 0 bridgehead atoms. The highest BCUT2D eigenvalue weighted by Crippen LogP contribution is 2.35. The first-order valence-electron chi connectivity index (χ1n) is 11.2. The van der Waals surface area contributed by atoms with Crippen molar-refractivity contribution in [3.63, 3.8) is 0 Å². The predicted octanol–water partition coefficient (Wildman–Crippen LogP) is 6.66. The summed E-state index contributed by atoms with van der Waals surface area (Å²) < 4.78 is 11.4. The minimum absolute atomic E-state index is 0.239. The number of imide groups is 1. The van der Waals surface area contributed by atoms with E-state index in [2.05, 4.69) is 0 Å². The van der Waals surface area contributed by atoms with Gasteiger partial charge in [-0.05, 0) is 63.5 Å². The molecule has 0 spiro atoms. The topological polar surface area (TPSA) is 55.8 Å². The van der Waals surface area contributed by atoms with Crippen LogP contribution in [0.1, 0.15) is 16.7 Å². The van der Waals surface area contributed by atoms with Gasteiger partial charge in [-0.25, -0.2) is 0 Å². The first-order chi connectivity index (χ1) is 17.1. The van der Waals surface area contributed by atoms with Crippen LogP contribution in [0.15, 0.2) is 95.9 Å². The summed E-state index contributed by atoms with van der Waals surface area (Å²) in [6.45, 7) is 0.659. The van der Waals surface area contributed by atoms with Gasteiger partial charge < -0.3 is 9.47 Å². The molecular weight excluding hydrogens is 458 g/mol. The van der Waals surface area contributed by atoms with Crippen LogP contribution in [0.25, 0.3) is 16.8 Å². The van der Waals surface area contributed by atoms with Crippen LogP contribution in [0.4, 0.5) is 4.79 Å². The minimum atomic E-state index is -0.295. The maximum atomic E-state index is 13.0. The zero-order chi connectivity index (χ0) is 24.2. The fourth-order valence-electron chi connectivity index (χ4n) is 3.94. The van der Waals surface area contributed by atoms with E-state index in [1.54, 1.807) is 19.3 Å². The summed E-state index contributed by atoms with van der Waals surface area (Å²) in [5.74, 6) is 0.875.